The zero-order chi connectivity index (χ0) is 19.6. The van der Waals surface area contributed by atoms with Gasteiger partial charge in [0.05, 0.1) is 18.6 Å². The fourth-order valence-electron chi connectivity index (χ4n) is 2.81. The molecular formula is C19H17N3O5. The van der Waals surface area contributed by atoms with Crippen LogP contribution in [-0.4, -0.2) is 28.9 Å². The van der Waals surface area contributed by atoms with Crippen molar-refractivity contribution in [2.75, 3.05) is 7.11 Å². The first-order valence-electron chi connectivity index (χ1n) is 8.11. The van der Waals surface area contributed by atoms with E-state index in [1.165, 1.54) is 25.3 Å². The van der Waals surface area contributed by atoms with Gasteiger partial charge in [0.1, 0.15) is 5.70 Å². The van der Waals surface area contributed by atoms with Crippen molar-refractivity contribution in [3.63, 3.8) is 0 Å². The molecule has 138 valence electrons. The SMILES string of the molecule is COc1ccc(/C=C2/NC(=O)N(Cc3cccc(C)c3)C2=O)cc1[N+](=O)[O-]. The summed E-state index contributed by atoms with van der Waals surface area (Å²) in [6.07, 6.45) is 1.41. The van der Waals surface area contributed by atoms with E-state index in [-0.39, 0.29) is 23.7 Å². The number of benzene rings is 2. The van der Waals surface area contributed by atoms with E-state index in [1.807, 2.05) is 31.2 Å². The zero-order valence-electron chi connectivity index (χ0n) is 14.8. The highest BCUT2D eigenvalue weighted by Crippen LogP contribution is 2.28. The van der Waals surface area contributed by atoms with Gasteiger partial charge in [-0.3, -0.25) is 19.8 Å². The zero-order valence-corrected chi connectivity index (χ0v) is 14.8. The van der Waals surface area contributed by atoms with Crippen LogP contribution in [-0.2, 0) is 11.3 Å². The van der Waals surface area contributed by atoms with Crippen LogP contribution in [0.15, 0.2) is 48.2 Å². The van der Waals surface area contributed by atoms with Gasteiger partial charge in [0, 0.05) is 6.07 Å². The van der Waals surface area contributed by atoms with Crippen LogP contribution in [0.2, 0.25) is 0 Å². The number of nitro benzene ring substituents is 1. The maximum absolute atomic E-state index is 12.6. The van der Waals surface area contributed by atoms with Gasteiger partial charge in [-0.25, -0.2) is 4.79 Å². The van der Waals surface area contributed by atoms with Gasteiger partial charge in [0.2, 0.25) is 0 Å². The minimum atomic E-state index is -0.570. The molecule has 0 radical (unpaired) electrons. The molecule has 1 heterocycles. The van der Waals surface area contributed by atoms with Gasteiger partial charge in [0.25, 0.3) is 5.91 Å². The molecular weight excluding hydrogens is 350 g/mol. The minimum absolute atomic E-state index is 0.0621. The number of methoxy groups -OCH3 is 1. The molecule has 0 aliphatic carbocycles. The summed E-state index contributed by atoms with van der Waals surface area (Å²) >= 11 is 0. The molecule has 27 heavy (non-hydrogen) atoms. The van der Waals surface area contributed by atoms with E-state index in [0.717, 1.165) is 16.0 Å². The third-order valence-corrected chi connectivity index (χ3v) is 4.10. The maximum Gasteiger partial charge on any atom is 0.329 e. The molecule has 2 aromatic carbocycles. The Bertz CT molecular complexity index is 968. The fourth-order valence-corrected chi connectivity index (χ4v) is 2.81. The number of nitrogens with one attached hydrogen (secondary N) is 1. The van der Waals surface area contributed by atoms with Crippen molar-refractivity contribution in [2.45, 2.75) is 13.5 Å². The summed E-state index contributed by atoms with van der Waals surface area (Å²) < 4.78 is 4.96. The van der Waals surface area contributed by atoms with Crippen LogP contribution in [0.4, 0.5) is 10.5 Å². The van der Waals surface area contributed by atoms with Crippen molar-refractivity contribution in [2.24, 2.45) is 0 Å². The summed E-state index contributed by atoms with van der Waals surface area (Å²) in [5, 5.41) is 13.6. The van der Waals surface area contributed by atoms with Crippen molar-refractivity contribution in [3.8, 4) is 5.75 Å². The number of nitrogens with zero attached hydrogens (tertiary/aromatic N) is 2. The van der Waals surface area contributed by atoms with E-state index in [0.29, 0.717) is 5.56 Å². The number of hydrogen-bond donors (Lipinski definition) is 1. The second-order valence-corrected chi connectivity index (χ2v) is 6.06. The lowest BCUT2D eigenvalue weighted by Crippen LogP contribution is -2.30. The van der Waals surface area contributed by atoms with Crippen molar-refractivity contribution in [3.05, 3.63) is 75.0 Å². The van der Waals surface area contributed by atoms with E-state index in [1.54, 1.807) is 6.07 Å². The van der Waals surface area contributed by atoms with Crippen LogP contribution in [0.5, 0.6) is 5.75 Å². The first-order valence-corrected chi connectivity index (χ1v) is 8.11. The lowest BCUT2D eigenvalue weighted by atomic mass is 10.1. The van der Waals surface area contributed by atoms with E-state index in [4.69, 9.17) is 4.74 Å². The second-order valence-electron chi connectivity index (χ2n) is 6.06. The molecule has 0 saturated carbocycles. The standard InChI is InChI=1S/C19H17N3O5/c1-12-4-3-5-14(8-12)11-21-18(23)15(20-19(21)24)9-13-6-7-17(27-2)16(10-13)22(25)26/h3-10H,11H2,1-2H3,(H,20,24)/b15-9+. The van der Waals surface area contributed by atoms with Gasteiger partial charge in [-0.2, -0.15) is 0 Å². The van der Waals surface area contributed by atoms with E-state index >= 15 is 0 Å². The molecule has 0 aromatic heterocycles. The van der Waals surface area contributed by atoms with Gasteiger partial charge >= 0.3 is 11.7 Å². The Balaban J connectivity index is 1.86. The van der Waals surface area contributed by atoms with E-state index in [9.17, 15) is 19.7 Å². The third kappa shape index (κ3) is 3.79. The van der Waals surface area contributed by atoms with Crippen LogP contribution in [0.1, 0.15) is 16.7 Å². The third-order valence-electron chi connectivity index (χ3n) is 4.10. The van der Waals surface area contributed by atoms with Gasteiger partial charge < -0.3 is 10.1 Å². The van der Waals surface area contributed by atoms with Gasteiger partial charge in [-0.1, -0.05) is 35.9 Å². The number of rotatable bonds is 5. The van der Waals surface area contributed by atoms with Crippen molar-refractivity contribution in [1.82, 2.24) is 10.2 Å². The quantitative estimate of drug-likeness (QED) is 0.379. The predicted molar refractivity (Wildman–Crippen MR) is 97.9 cm³/mol. The van der Waals surface area contributed by atoms with Crippen molar-refractivity contribution in [1.29, 1.82) is 0 Å². The van der Waals surface area contributed by atoms with Crippen LogP contribution >= 0.6 is 0 Å². The topological polar surface area (TPSA) is 102 Å². The number of ether oxygens (including phenoxy) is 1. The first-order chi connectivity index (χ1) is 12.9. The number of carbonyl (C=O) groups excluding carboxylic acids is 2. The Morgan fingerprint density at radius 2 is 2.00 bits per heavy atom. The Labute approximate surface area is 155 Å². The summed E-state index contributed by atoms with van der Waals surface area (Å²) in [5.41, 5.74) is 2.11. The fraction of sp³-hybridized carbons (Fsp3) is 0.158. The average molecular weight is 367 g/mol. The Morgan fingerprint density at radius 1 is 1.22 bits per heavy atom. The minimum Gasteiger partial charge on any atom is -0.490 e. The van der Waals surface area contributed by atoms with Crippen LogP contribution < -0.4 is 10.1 Å². The van der Waals surface area contributed by atoms with Gasteiger partial charge in [0.15, 0.2) is 5.75 Å². The van der Waals surface area contributed by atoms with Crippen LogP contribution in [0.25, 0.3) is 6.08 Å². The molecule has 1 aliphatic rings. The number of aryl methyl sites for hydroxylation is 1. The Hall–Kier alpha value is -3.68. The molecule has 0 bridgehead atoms. The summed E-state index contributed by atoms with van der Waals surface area (Å²) in [6.45, 7) is 2.07. The normalized spacial score (nSPS) is 15.2. The van der Waals surface area contributed by atoms with E-state index in [2.05, 4.69) is 5.32 Å². The van der Waals surface area contributed by atoms with Crippen LogP contribution in [0.3, 0.4) is 0 Å². The molecule has 8 heteroatoms. The number of carbonyl (C=O) groups is 2. The lowest BCUT2D eigenvalue weighted by molar-refractivity contribution is -0.385. The number of nitro groups is 1. The number of amides is 3. The summed E-state index contributed by atoms with van der Waals surface area (Å²) in [7, 11) is 1.34. The summed E-state index contributed by atoms with van der Waals surface area (Å²) in [4.78, 5) is 36.4. The molecule has 8 nitrogen and oxygen atoms in total. The molecule has 0 spiro atoms. The Kier molecular flexibility index (Phi) is 4.89. The van der Waals surface area contributed by atoms with Crippen molar-refractivity contribution >= 4 is 23.7 Å². The number of imide groups is 1. The first kappa shape index (κ1) is 18.1. The molecule has 2 aromatic rings. The van der Waals surface area contributed by atoms with Crippen molar-refractivity contribution < 1.29 is 19.2 Å². The molecule has 3 amide bonds. The largest absolute Gasteiger partial charge is 0.490 e. The Morgan fingerprint density at radius 3 is 2.67 bits per heavy atom. The second kappa shape index (κ2) is 7.28. The maximum atomic E-state index is 12.6. The van der Waals surface area contributed by atoms with Gasteiger partial charge in [-0.05, 0) is 30.2 Å². The average Bonchev–Trinajstić information content (AvgIpc) is 2.89. The molecule has 0 atom stereocenters. The number of urea groups is 1. The molecule has 1 aliphatic heterocycles. The summed E-state index contributed by atoms with van der Waals surface area (Å²) in [6, 6.07) is 11.3. The lowest BCUT2D eigenvalue weighted by Gasteiger charge is -2.12. The molecule has 1 fully saturated rings. The molecule has 1 N–H and O–H groups in total. The monoisotopic (exact) mass is 367 g/mol. The predicted octanol–water partition coefficient (Wildman–Crippen LogP) is 3.00. The molecule has 0 unspecified atom stereocenters. The van der Waals surface area contributed by atoms with E-state index < -0.39 is 16.9 Å². The molecule has 1 saturated heterocycles. The highest BCUT2D eigenvalue weighted by molar-refractivity contribution is 6.13. The number of hydrogen-bond acceptors (Lipinski definition) is 5. The van der Waals surface area contributed by atoms with Gasteiger partial charge in [-0.15, -0.1) is 0 Å². The summed E-state index contributed by atoms with van der Waals surface area (Å²) in [5.74, 6) is -0.370. The molecule has 3 rings (SSSR count). The highest BCUT2D eigenvalue weighted by atomic mass is 16.6. The highest BCUT2D eigenvalue weighted by Gasteiger charge is 2.33. The smallest absolute Gasteiger partial charge is 0.329 e. The van der Waals surface area contributed by atoms with Crippen LogP contribution in [0, 0.1) is 17.0 Å².